The summed E-state index contributed by atoms with van der Waals surface area (Å²) in [6.45, 7) is 3.87. The van der Waals surface area contributed by atoms with Crippen LogP contribution in [-0.4, -0.2) is 33.1 Å². The van der Waals surface area contributed by atoms with Gasteiger partial charge >= 0.3 is 0 Å². The van der Waals surface area contributed by atoms with E-state index in [4.69, 9.17) is 14.2 Å². The van der Waals surface area contributed by atoms with Crippen molar-refractivity contribution in [2.75, 3.05) is 31.5 Å². The van der Waals surface area contributed by atoms with Gasteiger partial charge in [-0.2, -0.15) is 0 Å². The van der Waals surface area contributed by atoms with E-state index in [9.17, 15) is 9.59 Å². The molecule has 34 heavy (non-hydrogen) atoms. The molecular formula is C27H26N2O5. The zero-order valence-corrected chi connectivity index (χ0v) is 19.8. The van der Waals surface area contributed by atoms with Crippen LogP contribution in [0.5, 0.6) is 17.2 Å². The minimum absolute atomic E-state index is 0.171. The molecule has 2 amide bonds. The second-order valence-electron chi connectivity index (χ2n) is 7.95. The Hall–Kier alpha value is -4.26. The molecule has 0 atom stereocenters. The number of ether oxygens (including phenoxy) is 3. The summed E-state index contributed by atoms with van der Waals surface area (Å²) in [6.07, 6.45) is 0. The monoisotopic (exact) mass is 458 g/mol. The number of methoxy groups -OCH3 is 3. The number of benzene rings is 3. The summed E-state index contributed by atoms with van der Waals surface area (Å²) >= 11 is 0. The maximum atomic E-state index is 13.7. The molecule has 0 spiro atoms. The fourth-order valence-electron chi connectivity index (χ4n) is 4.13. The van der Waals surface area contributed by atoms with Gasteiger partial charge in [-0.1, -0.05) is 36.4 Å². The average Bonchev–Trinajstić information content (AvgIpc) is 3.07. The second-order valence-corrected chi connectivity index (χ2v) is 7.95. The quantitative estimate of drug-likeness (QED) is 0.516. The molecule has 0 fully saturated rings. The molecule has 0 saturated carbocycles. The van der Waals surface area contributed by atoms with E-state index in [1.54, 1.807) is 12.1 Å². The summed E-state index contributed by atoms with van der Waals surface area (Å²) in [7, 11) is 4.55. The van der Waals surface area contributed by atoms with Crippen molar-refractivity contribution in [2.45, 2.75) is 13.8 Å². The van der Waals surface area contributed by atoms with Crippen LogP contribution in [0, 0.1) is 13.8 Å². The van der Waals surface area contributed by atoms with Gasteiger partial charge in [-0.25, -0.2) is 4.90 Å². The van der Waals surface area contributed by atoms with Gasteiger partial charge in [0, 0.05) is 17.8 Å². The zero-order valence-electron chi connectivity index (χ0n) is 19.8. The Labute approximate surface area is 198 Å². The maximum absolute atomic E-state index is 13.7. The number of nitrogens with one attached hydrogen (secondary N) is 1. The van der Waals surface area contributed by atoms with Crippen molar-refractivity contribution in [2.24, 2.45) is 0 Å². The molecule has 0 aliphatic carbocycles. The highest BCUT2D eigenvalue weighted by Gasteiger charge is 2.40. The van der Waals surface area contributed by atoms with Crippen LogP contribution in [0.25, 0.3) is 5.57 Å². The Morgan fingerprint density at radius 2 is 1.32 bits per heavy atom. The smallest absolute Gasteiger partial charge is 0.282 e. The number of rotatable bonds is 7. The van der Waals surface area contributed by atoms with Crippen LogP contribution in [0.3, 0.4) is 0 Å². The molecule has 1 N–H and O–H groups in total. The third kappa shape index (κ3) is 4.08. The van der Waals surface area contributed by atoms with Gasteiger partial charge in [-0.15, -0.1) is 0 Å². The van der Waals surface area contributed by atoms with Crippen molar-refractivity contribution < 1.29 is 23.8 Å². The van der Waals surface area contributed by atoms with Gasteiger partial charge in [-0.3, -0.25) is 9.59 Å². The number of anilines is 2. The number of nitrogens with zero attached hydrogens (tertiary/aromatic N) is 1. The highest BCUT2D eigenvalue weighted by atomic mass is 16.5. The molecule has 7 heteroatoms. The van der Waals surface area contributed by atoms with Gasteiger partial charge in [0.05, 0.1) is 32.6 Å². The lowest BCUT2D eigenvalue weighted by molar-refractivity contribution is -0.120. The first-order chi connectivity index (χ1) is 16.4. The first-order valence-electron chi connectivity index (χ1n) is 10.7. The molecule has 0 unspecified atom stereocenters. The summed E-state index contributed by atoms with van der Waals surface area (Å²) in [5.41, 5.74) is 4.07. The normalized spacial score (nSPS) is 13.4. The van der Waals surface area contributed by atoms with Crippen molar-refractivity contribution >= 4 is 28.8 Å². The van der Waals surface area contributed by atoms with Crippen LogP contribution in [0.4, 0.5) is 11.4 Å². The minimum atomic E-state index is -0.442. The van der Waals surface area contributed by atoms with E-state index in [-0.39, 0.29) is 5.70 Å². The van der Waals surface area contributed by atoms with Gasteiger partial charge in [0.1, 0.15) is 5.70 Å². The molecule has 3 aromatic carbocycles. The number of hydrogen-bond donors (Lipinski definition) is 1. The molecular weight excluding hydrogens is 432 g/mol. The van der Waals surface area contributed by atoms with E-state index in [1.165, 1.54) is 26.2 Å². The first-order valence-corrected chi connectivity index (χ1v) is 10.7. The molecule has 0 saturated heterocycles. The molecule has 7 nitrogen and oxygen atoms in total. The summed E-state index contributed by atoms with van der Waals surface area (Å²) in [4.78, 5) is 28.5. The lowest BCUT2D eigenvalue weighted by Gasteiger charge is -2.17. The lowest BCUT2D eigenvalue weighted by atomic mass is 10.0. The predicted molar refractivity (Wildman–Crippen MR) is 131 cm³/mol. The number of hydrogen-bond acceptors (Lipinski definition) is 6. The lowest BCUT2D eigenvalue weighted by Crippen LogP contribution is -2.32. The fourth-order valence-corrected chi connectivity index (χ4v) is 4.13. The predicted octanol–water partition coefficient (Wildman–Crippen LogP) is 4.73. The van der Waals surface area contributed by atoms with Gasteiger partial charge < -0.3 is 19.5 Å². The van der Waals surface area contributed by atoms with E-state index in [1.807, 2.05) is 62.4 Å². The van der Waals surface area contributed by atoms with Gasteiger partial charge in [0.2, 0.25) is 5.75 Å². The third-order valence-electron chi connectivity index (χ3n) is 5.55. The Morgan fingerprint density at radius 3 is 1.85 bits per heavy atom. The Balaban J connectivity index is 1.85. The van der Waals surface area contributed by atoms with E-state index in [0.29, 0.717) is 39.8 Å². The van der Waals surface area contributed by atoms with Crippen LogP contribution in [0.2, 0.25) is 0 Å². The summed E-state index contributed by atoms with van der Waals surface area (Å²) < 4.78 is 16.3. The first kappa shape index (κ1) is 22.9. The SMILES string of the molecule is COc1cc(NC2=C(c3ccccc3)C(=O)N(c3cc(C)cc(C)c3)C2=O)cc(OC)c1OC. The largest absolute Gasteiger partial charge is 0.493 e. The highest BCUT2D eigenvalue weighted by Crippen LogP contribution is 2.41. The van der Waals surface area contributed by atoms with Crippen LogP contribution < -0.4 is 24.4 Å². The van der Waals surface area contributed by atoms with E-state index >= 15 is 0 Å². The third-order valence-corrected chi connectivity index (χ3v) is 5.55. The summed E-state index contributed by atoms with van der Waals surface area (Å²) in [5, 5.41) is 3.15. The molecule has 174 valence electrons. The number of carbonyl (C=O) groups excluding carboxylic acids is 2. The molecule has 1 heterocycles. The molecule has 1 aliphatic heterocycles. The zero-order chi connectivity index (χ0) is 24.4. The number of imide groups is 1. The van der Waals surface area contributed by atoms with Crippen molar-refractivity contribution in [1.82, 2.24) is 0 Å². The molecule has 1 aliphatic rings. The van der Waals surface area contributed by atoms with Crippen molar-refractivity contribution in [3.05, 3.63) is 83.1 Å². The topological polar surface area (TPSA) is 77.1 Å². The van der Waals surface area contributed by atoms with E-state index < -0.39 is 11.8 Å². The number of aryl methyl sites for hydroxylation is 2. The van der Waals surface area contributed by atoms with E-state index in [0.717, 1.165) is 11.1 Å². The number of amides is 2. The van der Waals surface area contributed by atoms with Crippen LogP contribution >= 0.6 is 0 Å². The van der Waals surface area contributed by atoms with Gasteiger partial charge in [-0.05, 0) is 42.7 Å². The molecule has 4 rings (SSSR count). The Morgan fingerprint density at radius 1 is 0.735 bits per heavy atom. The van der Waals surface area contributed by atoms with Crippen LogP contribution in [0.15, 0.2) is 66.4 Å². The molecule has 0 aromatic heterocycles. The minimum Gasteiger partial charge on any atom is -0.493 e. The highest BCUT2D eigenvalue weighted by molar-refractivity contribution is 6.46. The van der Waals surface area contributed by atoms with Crippen molar-refractivity contribution in [3.63, 3.8) is 0 Å². The average molecular weight is 459 g/mol. The molecule has 3 aromatic rings. The van der Waals surface area contributed by atoms with Crippen molar-refractivity contribution in [3.8, 4) is 17.2 Å². The maximum Gasteiger partial charge on any atom is 0.282 e. The van der Waals surface area contributed by atoms with Gasteiger partial charge in [0.15, 0.2) is 11.5 Å². The van der Waals surface area contributed by atoms with Crippen LogP contribution in [-0.2, 0) is 9.59 Å². The van der Waals surface area contributed by atoms with Crippen molar-refractivity contribution in [1.29, 1.82) is 0 Å². The number of carbonyl (C=O) groups is 2. The standard InChI is InChI=1S/C27H26N2O5/c1-16-11-17(2)13-20(12-16)29-26(30)23(18-9-7-6-8-10-18)24(27(29)31)28-19-14-21(32-3)25(34-5)22(15-19)33-4/h6-15,28H,1-5H3. The summed E-state index contributed by atoms with van der Waals surface area (Å²) in [6, 6.07) is 18.2. The van der Waals surface area contributed by atoms with Crippen LogP contribution in [0.1, 0.15) is 16.7 Å². The Bertz CT molecular complexity index is 1250. The van der Waals surface area contributed by atoms with E-state index in [2.05, 4.69) is 5.32 Å². The second kappa shape index (κ2) is 9.31. The van der Waals surface area contributed by atoms with Gasteiger partial charge in [0.25, 0.3) is 11.8 Å². The summed E-state index contributed by atoms with van der Waals surface area (Å²) in [5.74, 6) is 0.445. The molecule has 0 radical (unpaired) electrons. The molecule has 0 bridgehead atoms. The Kier molecular flexibility index (Phi) is 6.27. The fraction of sp³-hybridized carbons (Fsp3) is 0.185.